The Labute approximate surface area is 123 Å². The number of hydrogen-bond donors (Lipinski definition) is 2. The molecule has 3 N–H and O–H groups in total. The van der Waals surface area contributed by atoms with Crippen molar-refractivity contribution in [3.05, 3.63) is 11.8 Å². The lowest BCUT2D eigenvalue weighted by Crippen LogP contribution is -2.33. The Balaban J connectivity index is 1.99. The number of amides is 1. The van der Waals surface area contributed by atoms with Gasteiger partial charge in [-0.25, -0.2) is 9.48 Å². The highest BCUT2D eigenvalue weighted by molar-refractivity contribution is 5.76. The summed E-state index contributed by atoms with van der Waals surface area (Å²) < 4.78 is 6.73. The summed E-state index contributed by atoms with van der Waals surface area (Å²) in [5.74, 6) is 0.307. The molecule has 1 amide bonds. The van der Waals surface area contributed by atoms with E-state index in [1.165, 1.54) is 11.6 Å². The molecule has 7 heteroatoms. The van der Waals surface area contributed by atoms with Crippen LogP contribution in [0.15, 0.2) is 6.07 Å². The van der Waals surface area contributed by atoms with Gasteiger partial charge < -0.3 is 15.8 Å². The van der Waals surface area contributed by atoms with Gasteiger partial charge in [-0.05, 0) is 33.1 Å². The van der Waals surface area contributed by atoms with Crippen LogP contribution in [0, 0.1) is 0 Å². The van der Waals surface area contributed by atoms with E-state index in [2.05, 4.69) is 10.4 Å². The summed E-state index contributed by atoms with van der Waals surface area (Å²) in [7, 11) is 0. The van der Waals surface area contributed by atoms with Crippen molar-refractivity contribution >= 4 is 17.8 Å². The summed E-state index contributed by atoms with van der Waals surface area (Å²) in [5.41, 5.74) is 6.48. The highest BCUT2D eigenvalue weighted by Crippen LogP contribution is 2.36. The molecule has 2 atom stereocenters. The second-order valence-corrected chi connectivity index (χ2v) is 5.76. The lowest BCUT2D eigenvalue weighted by atomic mass is 10.0. The largest absolute Gasteiger partial charge is 0.446 e. The molecule has 7 nitrogen and oxygen atoms in total. The number of alkyl carbamates (subject to hydrolysis) is 1. The van der Waals surface area contributed by atoms with Crippen molar-refractivity contribution in [2.45, 2.75) is 58.1 Å². The third kappa shape index (κ3) is 3.74. The minimum Gasteiger partial charge on any atom is -0.446 e. The quantitative estimate of drug-likeness (QED) is 0.887. The minimum atomic E-state index is -0.393. The number of rotatable bonds is 3. The first-order chi connectivity index (χ1) is 9.86. The van der Waals surface area contributed by atoms with E-state index in [1.807, 2.05) is 13.8 Å². The van der Waals surface area contributed by atoms with Gasteiger partial charge in [-0.2, -0.15) is 0 Å². The summed E-state index contributed by atoms with van der Waals surface area (Å²) in [6, 6.07) is 1.77. The van der Waals surface area contributed by atoms with Crippen molar-refractivity contribution in [1.29, 1.82) is 0 Å². The van der Waals surface area contributed by atoms with Gasteiger partial charge in [0.15, 0.2) is 0 Å². The van der Waals surface area contributed by atoms with Crippen LogP contribution >= 0.6 is 0 Å². The number of carbonyl (C=O) groups excluding carboxylic acids is 2. The molecule has 1 saturated carbocycles. The van der Waals surface area contributed by atoms with Crippen LogP contribution in [0.25, 0.3) is 0 Å². The second kappa shape index (κ2) is 6.15. The number of aromatic nitrogens is 2. The number of hydrogen-bond acceptors (Lipinski definition) is 5. The number of anilines is 1. The van der Waals surface area contributed by atoms with Gasteiger partial charge in [0.2, 0.25) is 5.91 Å². The zero-order chi connectivity index (χ0) is 15.6. The molecule has 1 aliphatic rings. The first kappa shape index (κ1) is 15.3. The van der Waals surface area contributed by atoms with E-state index < -0.39 is 6.09 Å². The maximum Gasteiger partial charge on any atom is 0.407 e. The normalized spacial score (nSPS) is 21.5. The Kier molecular flexibility index (Phi) is 4.50. The van der Waals surface area contributed by atoms with E-state index in [9.17, 15) is 9.59 Å². The van der Waals surface area contributed by atoms with Crippen molar-refractivity contribution in [3.8, 4) is 0 Å². The van der Waals surface area contributed by atoms with Crippen LogP contribution in [0.3, 0.4) is 0 Å². The third-order valence-electron chi connectivity index (χ3n) is 3.54. The van der Waals surface area contributed by atoms with Crippen molar-refractivity contribution in [3.63, 3.8) is 0 Å². The van der Waals surface area contributed by atoms with E-state index in [0.29, 0.717) is 12.2 Å². The summed E-state index contributed by atoms with van der Waals surface area (Å²) in [4.78, 5) is 23.2. The average molecular weight is 294 g/mol. The summed E-state index contributed by atoms with van der Waals surface area (Å²) in [6.07, 6.45) is 1.78. The van der Waals surface area contributed by atoms with Crippen LogP contribution in [0.5, 0.6) is 0 Å². The molecule has 1 heterocycles. The lowest BCUT2D eigenvalue weighted by molar-refractivity contribution is 0.0907. The zero-order valence-corrected chi connectivity index (χ0v) is 12.6. The second-order valence-electron chi connectivity index (χ2n) is 5.76. The molecule has 1 aromatic rings. The van der Waals surface area contributed by atoms with Crippen LogP contribution in [-0.2, 0) is 4.74 Å². The molecule has 0 unspecified atom stereocenters. The van der Waals surface area contributed by atoms with Crippen LogP contribution in [0.1, 0.15) is 56.4 Å². The monoisotopic (exact) mass is 294 g/mol. The van der Waals surface area contributed by atoms with E-state index in [4.69, 9.17) is 10.5 Å². The number of nitrogens with two attached hydrogens (primary N) is 1. The fraction of sp³-hybridized carbons (Fsp3) is 0.643. The molecule has 1 aliphatic carbocycles. The molecule has 0 bridgehead atoms. The van der Waals surface area contributed by atoms with E-state index in [1.54, 1.807) is 6.07 Å². The maximum absolute atomic E-state index is 11.6. The Morgan fingerprint density at radius 1 is 1.48 bits per heavy atom. The number of ether oxygens (including phenoxy) is 1. The molecule has 0 spiro atoms. The molecule has 0 radical (unpaired) electrons. The first-order valence-corrected chi connectivity index (χ1v) is 7.20. The summed E-state index contributed by atoms with van der Waals surface area (Å²) in [5, 5.41) is 6.71. The smallest absolute Gasteiger partial charge is 0.407 e. The van der Waals surface area contributed by atoms with Gasteiger partial charge in [-0.3, -0.25) is 4.79 Å². The SMILES string of the molecule is CC(=O)n1nc(N)cc1[C@H]1CC[C@@H](OC(=O)NC(C)C)C1. The van der Waals surface area contributed by atoms with Crippen LogP contribution < -0.4 is 11.1 Å². The van der Waals surface area contributed by atoms with Crippen molar-refractivity contribution in [2.24, 2.45) is 0 Å². The molecular formula is C14H22N4O3. The molecule has 0 aromatic carbocycles. The molecule has 1 aromatic heterocycles. The Morgan fingerprint density at radius 3 is 2.81 bits per heavy atom. The van der Waals surface area contributed by atoms with Gasteiger partial charge >= 0.3 is 6.09 Å². The van der Waals surface area contributed by atoms with Gasteiger partial charge in [-0.15, -0.1) is 5.10 Å². The van der Waals surface area contributed by atoms with Crippen molar-refractivity contribution < 1.29 is 14.3 Å². The fourth-order valence-corrected chi connectivity index (χ4v) is 2.69. The number of nitrogen functional groups attached to an aromatic ring is 1. The molecule has 0 saturated heterocycles. The van der Waals surface area contributed by atoms with Crippen LogP contribution in [0.4, 0.5) is 10.6 Å². The molecule has 21 heavy (non-hydrogen) atoms. The number of nitrogens with zero attached hydrogens (tertiary/aromatic N) is 2. The van der Waals surface area contributed by atoms with Crippen LogP contribution in [0.2, 0.25) is 0 Å². The maximum atomic E-state index is 11.6. The predicted molar refractivity (Wildman–Crippen MR) is 78.1 cm³/mol. The summed E-state index contributed by atoms with van der Waals surface area (Å²) in [6.45, 7) is 5.22. The lowest BCUT2D eigenvalue weighted by Gasteiger charge is -2.15. The third-order valence-corrected chi connectivity index (χ3v) is 3.54. The molecular weight excluding hydrogens is 272 g/mol. The number of carbonyl (C=O) groups is 2. The molecule has 2 rings (SSSR count). The Morgan fingerprint density at radius 2 is 2.19 bits per heavy atom. The van der Waals surface area contributed by atoms with Gasteiger partial charge in [0, 0.05) is 24.9 Å². The molecule has 116 valence electrons. The topological polar surface area (TPSA) is 99.2 Å². The fourth-order valence-electron chi connectivity index (χ4n) is 2.69. The van der Waals surface area contributed by atoms with Crippen LogP contribution in [-0.4, -0.2) is 33.9 Å². The number of nitrogens with one attached hydrogen (secondary N) is 1. The Bertz CT molecular complexity index is 538. The van der Waals surface area contributed by atoms with Crippen molar-refractivity contribution in [2.75, 3.05) is 5.73 Å². The van der Waals surface area contributed by atoms with Gasteiger partial charge in [-0.1, -0.05) is 0 Å². The molecule has 1 fully saturated rings. The summed E-state index contributed by atoms with van der Waals surface area (Å²) >= 11 is 0. The van der Waals surface area contributed by atoms with E-state index >= 15 is 0 Å². The zero-order valence-electron chi connectivity index (χ0n) is 12.6. The average Bonchev–Trinajstić information content (AvgIpc) is 2.94. The van der Waals surface area contributed by atoms with E-state index in [0.717, 1.165) is 18.5 Å². The standard InChI is InChI=1S/C14H22N4O3/c1-8(2)16-14(20)21-11-5-4-10(6-11)12-7-13(15)17-18(12)9(3)19/h7-8,10-11H,4-6H2,1-3H3,(H2,15,17)(H,16,20)/t10-,11+/m0/s1. The first-order valence-electron chi connectivity index (χ1n) is 7.20. The van der Waals surface area contributed by atoms with Gasteiger partial charge in [0.1, 0.15) is 11.9 Å². The van der Waals surface area contributed by atoms with Gasteiger partial charge in [0.25, 0.3) is 0 Å². The van der Waals surface area contributed by atoms with E-state index in [-0.39, 0.29) is 24.0 Å². The Hall–Kier alpha value is -2.05. The predicted octanol–water partition coefficient (Wildman–Crippen LogP) is 1.90. The highest BCUT2D eigenvalue weighted by Gasteiger charge is 2.31. The van der Waals surface area contributed by atoms with Crippen molar-refractivity contribution in [1.82, 2.24) is 15.1 Å². The highest BCUT2D eigenvalue weighted by atomic mass is 16.6. The minimum absolute atomic E-state index is 0.0497. The van der Waals surface area contributed by atoms with Gasteiger partial charge in [0.05, 0.1) is 5.69 Å². The molecule has 0 aliphatic heterocycles.